The highest BCUT2D eigenvalue weighted by Crippen LogP contribution is 2.37. The maximum absolute atomic E-state index is 13.1. The van der Waals surface area contributed by atoms with Crippen LogP contribution in [-0.2, 0) is 0 Å². The van der Waals surface area contributed by atoms with Gasteiger partial charge in [0.05, 0.1) is 0 Å². The number of hydrogen-bond acceptors (Lipinski definition) is 1. The molecule has 1 aromatic heterocycles. The predicted octanol–water partition coefficient (Wildman–Crippen LogP) is 4.82. The number of unbranched alkanes of at least 4 members (excludes halogenated alkanes) is 1. The molecule has 0 atom stereocenters. The minimum atomic E-state index is -0.990. The lowest BCUT2D eigenvalue weighted by Crippen LogP contribution is -2.14. The topological polar surface area (TPSA) is 12.9 Å². The number of halogens is 2. The van der Waals surface area contributed by atoms with Crippen LogP contribution in [-0.4, -0.2) is 4.98 Å². The summed E-state index contributed by atoms with van der Waals surface area (Å²) in [6.07, 6.45) is 9.97. The zero-order valence-corrected chi connectivity index (χ0v) is 11.0. The van der Waals surface area contributed by atoms with Crippen molar-refractivity contribution in [1.29, 1.82) is 0 Å². The molecule has 0 saturated heterocycles. The molecule has 0 amide bonds. The highest BCUT2D eigenvalue weighted by Gasteiger charge is 2.23. The average molecular weight is 253 g/mol. The first-order chi connectivity index (χ1) is 8.70. The van der Waals surface area contributed by atoms with E-state index in [2.05, 4.69) is 11.9 Å². The highest BCUT2D eigenvalue weighted by atomic mass is 19.2. The Kier molecular flexibility index (Phi) is 4.67. The van der Waals surface area contributed by atoms with E-state index in [4.69, 9.17) is 0 Å². The Bertz CT molecular complexity index is 384. The lowest BCUT2D eigenvalue weighted by atomic mass is 9.77. The molecule has 0 aromatic carbocycles. The molecule has 3 heteroatoms. The van der Waals surface area contributed by atoms with Crippen LogP contribution in [0.15, 0.2) is 12.3 Å². The molecule has 2 rings (SSSR count). The molecule has 0 unspecified atom stereocenters. The first-order valence-electron chi connectivity index (χ1n) is 7.01. The summed E-state index contributed by atoms with van der Waals surface area (Å²) in [5, 5.41) is 0. The summed E-state index contributed by atoms with van der Waals surface area (Å²) in [5.41, 5.74) is 0.864. The Morgan fingerprint density at radius 2 is 1.94 bits per heavy atom. The summed E-state index contributed by atoms with van der Waals surface area (Å²) in [4.78, 5) is 3.48. The van der Waals surface area contributed by atoms with Crippen LogP contribution in [0, 0.1) is 17.7 Å². The van der Waals surface area contributed by atoms with E-state index in [1.54, 1.807) is 0 Å². The van der Waals surface area contributed by atoms with Crippen molar-refractivity contribution in [3.8, 4) is 0 Å². The zero-order chi connectivity index (χ0) is 13.0. The quantitative estimate of drug-likeness (QED) is 0.701. The number of hydrogen-bond donors (Lipinski definition) is 0. The second-order valence-electron chi connectivity index (χ2n) is 5.40. The molecule has 0 N–H and O–H groups in total. The second kappa shape index (κ2) is 6.26. The molecule has 1 nitrogen and oxygen atoms in total. The van der Waals surface area contributed by atoms with Crippen molar-refractivity contribution in [3.05, 3.63) is 29.6 Å². The standard InChI is InChI=1S/C15H21F2N/c1-2-3-4-11-5-7-12(8-6-11)13-9-14(16)15(17)18-10-13/h9-12H,2-8H2,1H3. The maximum atomic E-state index is 13.1. The molecule has 1 aromatic rings. The second-order valence-corrected chi connectivity index (χ2v) is 5.40. The van der Waals surface area contributed by atoms with Crippen molar-refractivity contribution in [2.45, 2.75) is 57.8 Å². The Balaban J connectivity index is 1.90. The van der Waals surface area contributed by atoms with Crippen LogP contribution in [0.25, 0.3) is 0 Å². The largest absolute Gasteiger partial charge is 0.248 e. The van der Waals surface area contributed by atoms with E-state index in [0.717, 1.165) is 24.3 Å². The highest BCUT2D eigenvalue weighted by molar-refractivity contribution is 5.17. The minimum absolute atomic E-state index is 0.366. The van der Waals surface area contributed by atoms with Gasteiger partial charge in [0.2, 0.25) is 5.95 Å². The maximum Gasteiger partial charge on any atom is 0.248 e. The average Bonchev–Trinajstić information content (AvgIpc) is 2.40. The molecule has 1 heterocycles. The van der Waals surface area contributed by atoms with Crippen LogP contribution in [0.2, 0.25) is 0 Å². The van der Waals surface area contributed by atoms with Crippen molar-refractivity contribution in [2.24, 2.45) is 5.92 Å². The summed E-state index contributed by atoms with van der Waals surface area (Å²) < 4.78 is 25.9. The molecule has 1 aliphatic rings. The van der Waals surface area contributed by atoms with E-state index in [-0.39, 0.29) is 0 Å². The fraction of sp³-hybridized carbons (Fsp3) is 0.667. The van der Waals surface area contributed by atoms with Crippen molar-refractivity contribution in [1.82, 2.24) is 4.98 Å². The molecule has 18 heavy (non-hydrogen) atoms. The molecule has 1 aliphatic carbocycles. The molecule has 0 aliphatic heterocycles. The van der Waals surface area contributed by atoms with Crippen molar-refractivity contribution in [3.63, 3.8) is 0 Å². The summed E-state index contributed by atoms with van der Waals surface area (Å²) in [6.45, 7) is 2.22. The Hall–Kier alpha value is -0.990. The Labute approximate surface area is 108 Å². The smallest absolute Gasteiger partial charge is 0.225 e. The lowest BCUT2D eigenvalue weighted by Gasteiger charge is -2.28. The summed E-state index contributed by atoms with van der Waals surface area (Å²) >= 11 is 0. The first-order valence-corrected chi connectivity index (χ1v) is 7.01. The van der Waals surface area contributed by atoms with Gasteiger partial charge in [-0.1, -0.05) is 26.2 Å². The molecule has 0 spiro atoms. The third-order valence-corrected chi connectivity index (χ3v) is 4.10. The van der Waals surface area contributed by atoms with Crippen molar-refractivity contribution >= 4 is 0 Å². The molecule has 0 radical (unpaired) electrons. The van der Waals surface area contributed by atoms with Gasteiger partial charge in [-0.2, -0.15) is 4.39 Å². The predicted molar refractivity (Wildman–Crippen MR) is 68.4 cm³/mol. The molecule has 1 saturated carbocycles. The fourth-order valence-electron chi connectivity index (χ4n) is 2.94. The first kappa shape index (κ1) is 13.4. The number of aromatic nitrogens is 1. The van der Waals surface area contributed by atoms with Crippen LogP contribution >= 0.6 is 0 Å². The van der Waals surface area contributed by atoms with Gasteiger partial charge in [-0.15, -0.1) is 0 Å². The van der Waals surface area contributed by atoms with Gasteiger partial charge in [0.15, 0.2) is 5.82 Å². The molecular weight excluding hydrogens is 232 g/mol. The van der Waals surface area contributed by atoms with Gasteiger partial charge in [0.1, 0.15) is 0 Å². The summed E-state index contributed by atoms with van der Waals surface area (Å²) in [6, 6.07) is 1.32. The molecule has 100 valence electrons. The van der Waals surface area contributed by atoms with Crippen LogP contribution < -0.4 is 0 Å². The summed E-state index contributed by atoms with van der Waals surface area (Å²) in [5.74, 6) is -0.610. The van der Waals surface area contributed by atoms with Crippen LogP contribution in [0.3, 0.4) is 0 Å². The van der Waals surface area contributed by atoms with Gasteiger partial charge in [-0.25, -0.2) is 9.37 Å². The van der Waals surface area contributed by atoms with E-state index in [1.807, 2.05) is 0 Å². The van der Waals surface area contributed by atoms with E-state index in [0.29, 0.717) is 5.92 Å². The molecular formula is C15H21F2N. The normalized spacial score (nSPS) is 24.2. The van der Waals surface area contributed by atoms with E-state index in [1.165, 1.54) is 44.4 Å². The van der Waals surface area contributed by atoms with E-state index < -0.39 is 11.8 Å². The van der Waals surface area contributed by atoms with Gasteiger partial charge in [-0.3, -0.25) is 0 Å². The fourth-order valence-corrected chi connectivity index (χ4v) is 2.94. The van der Waals surface area contributed by atoms with Crippen molar-refractivity contribution in [2.75, 3.05) is 0 Å². The van der Waals surface area contributed by atoms with E-state index >= 15 is 0 Å². The number of nitrogens with zero attached hydrogens (tertiary/aromatic N) is 1. The van der Waals surface area contributed by atoms with Crippen LogP contribution in [0.4, 0.5) is 8.78 Å². The number of pyridine rings is 1. The monoisotopic (exact) mass is 253 g/mol. The van der Waals surface area contributed by atoms with Gasteiger partial charge in [-0.05, 0) is 49.1 Å². The van der Waals surface area contributed by atoms with Gasteiger partial charge < -0.3 is 0 Å². The van der Waals surface area contributed by atoms with Crippen molar-refractivity contribution < 1.29 is 8.78 Å². The number of rotatable bonds is 4. The Morgan fingerprint density at radius 3 is 2.56 bits per heavy atom. The third kappa shape index (κ3) is 3.27. The zero-order valence-electron chi connectivity index (χ0n) is 11.0. The molecule has 0 bridgehead atoms. The van der Waals surface area contributed by atoms with E-state index in [9.17, 15) is 8.78 Å². The van der Waals surface area contributed by atoms with Crippen LogP contribution in [0.5, 0.6) is 0 Å². The van der Waals surface area contributed by atoms with Crippen LogP contribution in [0.1, 0.15) is 63.4 Å². The van der Waals surface area contributed by atoms with Gasteiger partial charge >= 0.3 is 0 Å². The van der Waals surface area contributed by atoms with Gasteiger partial charge in [0.25, 0.3) is 0 Å². The summed E-state index contributed by atoms with van der Waals surface area (Å²) in [7, 11) is 0. The lowest BCUT2D eigenvalue weighted by molar-refractivity contribution is 0.303. The Morgan fingerprint density at radius 1 is 1.22 bits per heavy atom. The third-order valence-electron chi connectivity index (χ3n) is 4.10. The van der Waals surface area contributed by atoms with Gasteiger partial charge in [0, 0.05) is 6.20 Å². The minimum Gasteiger partial charge on any atom is -0.225 e. The SMILES string of the molecule is CCCCC1CCC(c2cnc(F)c(F)c2)CC1. The molecule has 1 fully saturated rings.